The van der Waals surface area contributed by atoms with Gasteiger partial charge < -0.3 is 15.7 Å². The molecule has 108 valence electrons. The summed E-state index contributed by atoms with van der Waals surface area (Å²) in [5, 5.41) is 2.80. The van der Waals surface area contributed by atoms with Crippen LogP contribution in [0.4, 0.5) is 5.69 Å². The summed E-state index contributed by atoms with van der Waals surface area (Å²) in [5.74, 6) is -0.147. The van der Waals surface area contributed by atoms with Crippen LogP contribution in [0, 0.1) is 0 Å². The van der Waals surface area contributed by atoms with E-state index in [-0.39, 0.29) is 5.91 Å². The number of rotatable bonds is 3. The smallest absolute Gasteiger partial charge is 0.268 e. The van der Waals surface area contributed by atoms with Gasteiger partial charge in [0.25, 0.3) is 5.91 Å². The molecule has 21 heavy (non-hydrogen) atoms. The van der Waals surface area contributed by atoms with E-state index in [4.69, 9.17) is 0 Å². The van der Waals surface area contributed by atoms with Gasteiger partial charge >= 0.3 is 0 Å². The van der Waals surface area contributed by atoms with Crippen molar-refractivity contribution in [1.29, 1.82) is 0 Å². The average molecular weight is 413 g/mol. The zero-order valence-electron chi connectivity index (χ0n) is 10.7. The number of hydrogen-bond donors (Lipinski definition) is 4. The molecule has 6 nitrogen and oxygen atoms in total. The number of pyridine rings is 1. The van der Waals surface area contributed by atoms with Gasteiger partial charge in [-0.05, 0) is 50.1 Å². The summed E-state index contributed by atoms with van der Waals surface area (Å²) in [5.41, 5.74) is 9.07. The minimum Gasteiger partial charge on any atom is -0.347 e. The molecule has 1 aliphatic heterocycles. The van der Waals surface area contributed by atoms with Crippen molar-refractivity contribution < 1.29 is 4.79 Å². The molecule has 2 aromatic rings. The molecule has 1 amide bonds. The lowest BCUT2D eigenvalue weighted by Gasteiger charge is -2.12. The maximum Gasteiger partial charge on any atom is 0.268 e. The number of aromatic amines is 1. The second kappa shape index (κ2) is 5.90. The molecule has 1 aliphatic rings. The van der Waals surface area contributed by atoms with Crippen molar-refractivity contribution >= 4 is 49.2 Å². The molecule has 3 rings (SSSR count). The van der Waals surface area contributed by atoms with Crippen LogP contribution in [0.25, 0.3) is 5.70 Å². The third-order valence-corrected chi connectivity index (χ3v) is 4.89. The Bertz CT molecular complexity index is 711. The molecule has 0 fully saturated rings. The SMILES string of the molecule is O=C1NCC=C(NNc2cccnc2)c2c1[nH]c(Br)c2Br. The Morgan fingerprint density at radius 2 is 2.14 bits per heavy atom. The first-order valence-corrected chi connectivity index (χ1v) is 7.73. The summed E-state index contributed by atoms with van der Waals surface area (Å²) in [7, 11) is 0. The summed E-state index contributed by atoms with van der Waals surface area (Å²) in [6.07, 6.45) is 5.31. The van der Waals surface area contributed by atoms with Crippen molar-refractivity contribution in [1.82, 2.24) is 20.7 Å². The highest BCUT2D eigenvalue weighted by Crippen LogP contribution is 2.34. The second-order valence-corrected chi connectivity index (χ2v) is 5.91. The quantitative estimate of drug-likeness (QED) is 0.584. The molecule has 0 unspecified atom stereocenters. The summed E-state index contributed by atoms with van der Waals surface area (Å²) >= 11 is 6.87. The van der Waals surface area contributed by atoms with Crippen LogP contribution in [0.2, 0.25) is 0 Å². The largest absolute Gasteiger partial charge is 0.347 e. The number of anilines is 1. The monoisotopic (exact) mass is 411 g/mol. The highest BCUT2D eigenvalue weighted by Gasteiger charge is 2.24. The highest BCUT2D eigenvalue weighted by molar-refractivity contribution is 9.13. The van der Waals surface area contributed by atoms with Crippen LogP contribution < -0.4 is 16.2 Å². The molecule has 3 heterocycles. The predicted molar refractivity (Wildman–Crippen MR) is 87.5 cm³/mol. The first-order chi connectivity index (χ1) is 10.2. The van der Waals surface area contributed by atoms with Crippen LogP contribution in [0.1, 0.15) is 16.1 Å². The van der Waals surface area contributed by atoms with Gasteiger partial charge in [-0.15, -0.1) is 0 Å². The van der Waals surface area contributed by atoms with Crippen LogP contribution >= 0.6 is 31.9 Å². The van der Waals surface area contributed by atoms with E-state index in [9.17, 15) is 4.79 Å². The van der Waals surface area contributed by atoms with Gasteiger partial charge in [-0.2, -0.15) is 0 Å². The van der Waals surface area contributed by atoms with Crippen molar-refractivity contribution in [2.24, 2.45) is 0 Å². The van der Waals surface area contributed by atoms with Gasteiger partial charge in [0, 0.05) is 18.3 Å². The molecule has 2 aromatic heterocycles. The number of carbonyl (C=O) groups excluding carboxylic acids is 1. The van der Waals surface area contributed by atoms with E-state index >= 15 is 0 Å². The number of halogens is 2. The van der Waals surface area contributed by atoms with Crippen LogP contribution in [-0.4, -0.2) is 22.4 Å². The van der Waals surface area contributed by atoms with E-state index in [1.54, 1.807) is 12.4 Å². The van der Waals surface area contributed by atoms with Crippen LogP contribution in [0.15, 0.2) is 39.7 Å². The summed E-state index contributed by atoms with van der Waals surface area (Å²) in [4.78, 5) is 19.1. The Kier molecular flexibility index (Phi) is 3.98. The van der Waals surface area contributed by atoms with E-state index in [1.807, 2.05) is 18.2 Å². The average Bonchev–Trinajstić information content (AvgIpc) is 2.70. The van der Waals surface area contributed by atoms with Crippen LogP contribution in [0.5, 0.6) is 0 Å². The van der Waals surface area contributed by atoms with Crippen molar-refractivity contribution in [2.45, 2.75) is 0 Å². The Morgan fingerprint density at radius 1 is 1.29 bits per heavy atom. The Labute approximate surface area is 137 Å². The van der Waals surface area contributed by atoms with Crippen molar-refractivity contribution in [3.8, 4) is 0 Å². The van der Waals surface area contributed by atoms with Gasteiger partial charge in [0.15, 0.2) is 0 Å². The van der Waals surface area contributed by atoms with E-state index in [1.165, 1.54) is 0 Å². The molecular weight excluding hydrogens is 402 g/mol. The molecule has 0 radical (unpaired) electrons. The number of aromatic nitrogens is 2. The molecule has 0 saturated carbocycles. The lowest BCUT2D eigenvalue weighted by molar-refractivity contribution is 0.0954. The Balaban J connectivity index is 1.90. The van der Waals surface area contributed by atoms with Crippen molar-refractivity contribution in [3.05, 3.63) is 50.9 Å². The molecule has 0 aliphatic carbocycles. The number of fused-ring (bicyclic) bond motifs is 1. The molecule has 0 spiro atoms. The highest BCUT2D eigenvalue weighted by atomic mass is 79.9. The summed E-state index contributed by atoms with van der Waals surface area (Å²) in [6.45, 7) is 0.447. The number of hydrogen-bond acceptors (Lipinski definition) is 4. The van der Waals surface area contributed by atoms with Gasteiger partial charge in [-0.3, -0.25) is 15.2 Å². The number of nitrogens with zero attached hydrogens (tertiary/aromatic N) is 1. The molecule has 0 saturated heterocycles. The minimum atomic E-state index is -0.147. The number of hydrazine groups is 1. The first kappa shape index (κ1) is 14.2. The summed E-state index contributed by atoms with van der Waals surface area (Å²) in [6, 6.07) is 3.73. The molecule has 0 bridgehead atoms. The third-order valence-electron chi connectivity index (χ3n) is 2.97. The number of amides is 1. The van der Waals surface area contributed by atoms with Gasteiger partial charge in [0.2, 0.25) is 0 Å². The normalized spacial score (nSPS) is 13.8. The van der Waals surface area contributed by atoms with E-state index in [2.05, 4.69) is 58.0 Å². The Hall–Kier alpha value is -1.80. The lowest BCUT2D eigenvalue weighted by Crippen LogP contribution is -2.22. The molecule has 4 N–H and O–H groups in total. The van der Waals surface area contributed by atoms with E-state index in [0.29, 0.717) is 12.2 Å². The fourth-order valence-electron chi connectivity index (χ4n) is 2.00. The summed E-state index contributed by atoms with van der Waals surface area (Å²) < 4.78 is 1.51. The standard InChI is InChI=1S/C13H11Br2N5O/c14-10-9-8(20-19-7-2-1-4-16-6-7)3-5-17-13(21)11(9)18-12(10)15/h1-4,6,18-20H,5H2,(H,17,21). The second-order valence-electron chi connectivity index (χ2n) is 4.32. The van der Waals surface area contributed by atoms with Crippen molar-refractivity contribution in [2.75, 3.05) is 12.0 Å². The molecule has 8 heteroatoms. The molecule has 0 atom stereocenters. The number of carbonyl (C=O) groups is 1. The number of H-pyrrole nitrogens is 1. The fourth-order valence-corrected chi connectivity index (χ4v) is 2.90. The first-order valence-electron chi connectivity index (χ1n) is 6.14. The maximum atomic E-state index is 12.0. The van der Waals surface area contributed by atoms with Gasteiger partial charge in [-0.1, -0.05) is 0 Å². The predicted octanol–water partition coefficient (Wildman–Crippen LogP) is 2.64. The maximum absolute atomic E-state index is 12.0. The lowest BCUT2D eigenvalue weighted by atomic mass is 10.2. The zero-order chi connectivity index (χ0) is 14.8. The topological polar surface area (TPSA) is 81.8 Å². The van der Waals surface area contributed by atoms with Gasteiger partial charge in [-0.25, -0.2) is 0 Å². The van der Waals surface area contributed by atoms with E-state index < -0.39 is 0 Å². The van der Waals surface area contributed by atoms with Crippen LogP contribution in [0.3, 0.4) is 0 Å². The van der Waals surface area contributed by atoms with E-state index in [0.717, 1.165) is 26.0 Å². The van der Waals surface area contributed by atoms with Gasteiger partial charge in [0.05, 0.1) is 26.7 Å². The third kappa shape index (κ3) is 2.81. The molecule has 0 aromatic carbocycles. The van der Waals surface area contributed by atoms with Gasteiger partial charge in [0.1, 0.15) is 5.69 Å². The number of nitrogens with one attached hydrogen (secondary N) is 4. The zero-order valence-corrected chi connectivity index (χ0v) is 13.9. The molecular formula is C13H11Br2N5O. The fraction of sp³-hybridized carbons (Fsp3) is 0.0769. The minimum absolute atomic E-state index is 0.147. The van der Waals surface area contributed by atoms with Crippen molar-refractivity contribution in [3.63, 3.8) is 0 Å². The Morgan fingerprint density at radius 3 is 2.90 bits per heavy atom. The van der Waals surface area contributed by atoms with Crippen LogP contribution in [-0.2, 0) is 0 Å².